The van der Waals surface area contributed by atoms with E-state index >= 15 is 0 Å². The Morgan fingerprint density at radius 3 is 2.68 bits per heavy atom. The van der Waals surface area contributed by atoms with E-state index in [4.69, 9.17) is 15.0 Å². The molecule has 0 atom stereocenters. The van der Waals surface area contributed by atoms with Crippen LogP contribution in [0.2, 0.25) is 0 Å². The van der Waals surface area contributed by atoms with Crippen molar-refractivity contribution < 1.29 is 9.53 Å². The Morgan fingerprint density at radius 1 is 1.23 bits per heavy atom. The van der Waals surface area contributed by atoms with Crippen molar-refractivity contribution >= 4 is 32.6 Å². The van der Waals surface area contributed by atoms with E-state index < -0.39 is 0 Å². The van der Waals surface area contributed by atoms with Gasteiger partial charge in [-0.2, -0.15) is 5.26 Å². The lowest BCUT2D eigenvalue weighted by Gasteiger charge is -2.27. The maximum absolute atomic E-state index is 13.4. The number of benzene rings is 2. The van der Waals surface area contributed by atoms with Gasteiger partial charge in [0.2, 0.25) is 0 Å². The van der Waals surface area contributed by atoms with Gasteiger partial charge in [-0.3, -0.25) is 14.6 Å². The lowest BCUT2D eigenvalue weighted by molar-refractivity contribution is 0.0376. The number of morpholine rings is 1. The number of rotatable bonds is 6. The van der Waals surface area contributed by atoms with Crippen LogP contribution in [0.15, 0.2) is 36.4 Å². The maximum atomic E-state index is 13.4. The van der Waals surface area contributed by atoms with E-state index in [1.165, 1.54) is 5.56 Å². The van der Waals surface area contributed by atoms with E-state index in [0.717, 1.165) is 60.2 Å². The van der Waals surface area contributed by atoms with Crippen LogP contribution in [0.3, 0.4) is 0 Å². The van der Waals surface area contributed by atoms with Crippen molar-refractivity contribution in [1.82, 2.24) is 9.88 Å². The van der Waals surface area contributed by atoms with Crippen LogP contribution in [0.5, 0.6) is 0 Å². The molecule has 1 aromatic heterocycles. The first-order valence-corrected chi connectivity index (χ1v) is 11.4. The average Bonchev–Trinajstić information content (AvgIpc) is 3.21. The molecule has 4 rings (SSSR count). The highest BCUT2D eigenvalue weighted by atomic mass is 32.1. The third kappa shape index (κ3) is 4.93. The molecular formula is C24H26N4O2S. The van der Waals surface area contributed by atoms with Crippen LogP contribution in [-0.2, 0) is 4.74 Å². The number of aromatic nitrogens is 1. The SMILES string of the molecule is Cc1cc(C)c2nc(N(CCCN3CCOCC3)C(=O)c3ccc(C#N)cc3)sc2c1. The number of hydrogen-bond acceptors (Lipinski definition) is 6. The lowest BCUT2D eigenvalue weighted by Crippen LogP contribution is -2.39. The predicted octanol–water partition coefficient (Wildman–Crippen LogP) is 4.15. The molecule has 0 bridgehead atoms. The first-order valence-electron chi connectivity index (χ1n) is 10.5. The zero-order valence-corrected chi connectivity index (χ0v) is 18.7. The Balaban J connectivity index is 1.60. The molecular weight excluding hydrogens is 408 g/mol. The first kappa shape index (κ1) is 21.4. The smallest absolute Gasteiger partial charge is 0.260 e. The maximum Gasteiger partial charge on any atom is 0.260 e. The predicted molar refractivity (Wildman–Crippen MR) is 124 cm³/mol. The molecule has 160 valence electrons. The summed E-state index contributed by atoms with van der Waals surface area (Å²) in [6, 6.07) is 13.2. The number of fused-ring (bicyclic) bond motifs is 1. The van der Waals surface area contributed by atoms with E-state index in [0.29, 0.717) is 17.7 Å². The molecule has 0 spiro atoms. The molecule has 1 saturated heterocycles. The van der Waals surface area contributed by atoms with E-state index in [-0.39, 0.29) is 5.91 Å². The zero-order valence-electron chi connectivity index (χ0n) is 17.9. The monoisotopic (exact) mass is 434 g/mol. The summed E-state index contributed by atoms with van der Waals surface area (Å²) in [6.45, 7) is 9.05. The highest BCUT2D eigenvalue weighted by Crippen LogP contribution is 2.32. The van der Waals surface area contributed by atoms with Gasteiger partial charge in [0, 0.05) is 31.7 Å². The zero-order chi connectivity index (χ0) is 21.8. The van der Waals surface area contributed by atoms with E-state index in [9.17, 15) is 4.79 Å². The molecule has 0 N–H and O–H groups in total. The number of aryl methyl sites for hydroxylation is 2. The summed E-state index contributed by atoms with van der Waals surface area (Å²) in [6.07, 6.45) is 0.857. The first-order chi connectivity index (χ1) is 15.0. The number of ether oxygens (including phenoxy) is 1. The average molecular weight is 435 g/mol. The Bertz CT molecular complexity index is 1110. The quantitative estimate of drug-likeness (QED) is 0.583. The van der Waals surface area contributed by atoms with Crippen molar-refractivity contribution in [3.05, 3.63) is 58.7 Å². The highest BCUT2D eigenvalue weighted by molar-refractivity contribution is 7.22. The standard InChI is InChI=1S/C24H26N4O2S/c1-17-14-18(2)22-21(15-17)31-24(26-22)28(9-3-8-27-10-12-30-13-11-27)23(29)20-6-4-19(16-25)5-7-20/h4-7,14-15H,3,8-13H2,1-2H3. The fourth-order valence-electron chi connectivity index (χ4n) is 3.88. The Kier molecular flexibility index (Phi) is 6.62. The van der Waals surface area contributed by atoms with Crippen LogP contribution in [0.25, 0.3) is 10.2 Å². The molecule has 1 amide bonds. The normalized spacial score (nSPS) is 14.5. The molecule has 31 heavy (non-hydrogen) atoms. The van der Waals surface area contributed by atoms with E-state index in [2.05, 4.69) is 36.9 Å². The van der Waals surface area contributed by atoms with Gasteiger partial charge in [-0.05, 0) is 61.7 Å². The number of nitrogens with zero attached hydrogens (tertiary/aromatic N) is 4. The van der Waals surface area contributed by atoms with Crippen molar-refractivity contribution in [1.29, 1.82) is 5.26 Å². The molecule has 0 saturated carbocycles. The van der Waals surface area contributed by atoms with Crippen molar-refractivity contribution in [3.63, 3.8) is 0 Å². The minimum atomic E-state index is -0.0834. The Morgan fingerprint density at radius 2 is 1.97 bits per heavy atom. The van der Waals surface area contributed by atoms with Gasteiger partial charge in [-0.25, -0.2) is 4.98 Å². The number of anilines is 1. The lowest BCUT2D eigenvalue weighted by atomic mass is 10.1. The summed E-state index contributed by atoms with van der Waals surface area (Å²) < 4.78 is 6.52. The fourth-order valence-corrected chi connectivity index (χ4v) is 5.04. The minimum absolute atomic E-state index is 0.0834. The van der Waals surface area contributed by atoms with Crippen LogP contribution >= 0.6 is 11.3 Å². The van der Waals surface area contributed by atoms with Gasteiger partial charge >= 0.3 is 0 Å². The van der Waals surface area contributed by atoms with Crippen LogP contribution in [0.4, 0.5) is 5.13 Å². The van der Waals surface area contributed by atoms with E-state index in [1.807, 2.05) is 0 Å². The second-order valence-corrected chi connectivity index (χ2v) is 8.89. The molecule has 3 aromatic rings. The number of amides is 1. The third-order valence-corrected chi connectivity index (χ3v) is 6.54. The number of nitriles is 1. The second-order valence-electron chi connectivity index (χ2n) is 7.88. The molecule has 0 unspecified atom stereocenters. The largest absolute Gasteiger partial charge is 0.379 e. The molecule has 1 fully saturated rings. The molecule has 0 aliphatic carbocycles. The molecule has 1 aliphatic rings. The summed E-state index contributed by atoms with van der Waals surface area (Å²) >= 11 is 1.56. The number of carbonyl (C=O) groups is 1. The topological polar surface area (TPSA) is 69.5 Å². The van der Waals surface area contributed by atoms with Crippen molar-refractivity contribution in [2.45, 2.75) is 20.3 Å². The molecule has 0 radical (unpaired) electrons. The molecule has 6 nitrogen and oxygen atoms in total. The number of carbonyl (C=O) groups excluding carboxylic acids is 1. The summed E-state index contributed by atoms with van der Waals surface area (Å²) in [5.41, 5.74) is 4.38. The van der Waals surface area contributed by atoms with Gasteiger partial charge in [-0.1, -0.05) is 17.4 Å². The van der Waals surface area contributed by atoms with E-state index in [1.54, 1.807) is 40.5 Å². The van der Waals surface area contributed by atoms with Crippen LogP contribution < -0.4 is 4.90 Å². The fraction of sp³-hybridized carbons (Fsp3) is 0.375. The molecule has 1 aliphatic heterocycles. The summed E-state index contributed by atoms with van der Waals surface area (Å²) in [4.78, 5) is 22.4. The van der Waals surface area contributed by atoms with Gasteiger partial charge in [0.05, 0.1) is 35.1 Å². The van der Waals surface area contributed by atoms with Gasteiger partial charge in [-0.15, -0.1) is 0 Å². The number of hydrogen-bond donors (Lipinski definition) is 0. The van der Waals surface area contributed by atoms with Gasteiger partial charge in [0.25, 0.3) is 5.91 Å². The third-order valence-electron chi connectivity index (χ3n) is 5.52. The highest BCUT2D eigenvalue weighted by Gasteiger charge is 2.22. The van der Waals surface area contributed by atoms with Crippen LogP contribution in [0.1, 0.15) is 33.5 Å². The van der Waals surface area contributed by atoms with Crippen molar-refractivity contribution in [3.8, 4) is 6.07 Å². The summed E-state index contributed by atoms with van der Waals surface area (Å²) in [5.74, 6) is -0.0834. The van der Waals surface area contributed by atoms with Gasteiger partial charge in [0.1, 0.15) is 0 Å². The Labute approximate surface area is 186 Å². The summed E-state index contributed by atoms with van der Waals surface area (Å²) in [7, 11) is 0. The molecule has 2 aromatic carbocycles. The molecule has 2 heterocycles. The minimum Gasteiger partial charge on any atom is -0.379 e. The van der Waals surface area contributed by atoms with Gasteiger partial charge in [0.15, 0.2) is 5.13 Å². The van der Waals surface area contributed by atoms with Gasteiger partial charge < -0.3 is 4.74 Å². The molecule has 7 heteroatoms. The van der Waals surface area contributed by atoms with Crippen LogP contribution in [-0.4, -0.2) is 55.2 Å². The van der Waals surface area contributed by atoms with Crippen molar-refractivity contribution in [2.24, 2.45) is 0 Å². The summed E-state index contributed by atoms with van der Waals surface area (Å²) in [5, 5.41) is 9.78. The number of thiazole rings is 1. The van der Waals surface area contributed by atoms with Crippen molar-refractivity contribution in [2.75, 3.05) is 44.3 Å². The van der Waals surface area contributed by atoms with Crippen LogP contribution in [0, 0.1) is 25.2 Å². The Hall–Kier alpha value is -2.79. The second kappa shape index (κ2) is 9.56.